The molecule has 0 radical (unpaired) electrons. The van der Waals surface area contributed by atoms with Gasteiger partial charge in [-0.2, -0.15) is 5.10 Å². The highest BCUT2D eigenvalue weighted by Crippen LogP contribution is 2.30. The van der Waals surface area contributed by atoms with Gasteiger partial charge in [-0.05, 0) is 18.6 Å². The Morgan fingerprint density at radius 1 is 1.26 bits per heavy atom. The lowest BCUT2D eigenvalue weighted by Crippen LogP contribution is -2.08. The van der Waals surface area contributed by atoms with Crippen LogP contribution in [0.1, 0.15) is 12.6 Å². The number of nitrogens with zero attached hydrogens (tertiary/aromatic N) is 5. The number of nitrogens with two attached hydrogens (primary N) is 1. The van der Waals surface area contributed by atoms with Gasteiger partial charge in [-0.1, -0.05) is 6.92 Å². The van der Waals surface area contributed by atoms with Crippen LogP contribution in [0.25, 0.3) is 33.4 Å². The van der Waals surface area contributed by atoms with E-state index in [9.17, 15) is 4.79 Å². The first-order chi connectivity index (χ1) is 13.0. The van der Waals surface area contributed by atoms with E-state index in [1.165, 1.54) is 4.68 Å². The van der Waals surface area contributed by atoms with Gasteiger partial charge in [-0.25, -0.2) is 15.0 Å². The SMILES string of the molecule is CCc1cc(-c2c[nH]c3ncc(-c4cnn(CC(=O)O)c4)cc23)nc(N)n1. The van der Waals surface area contributed by atoms with Crippen LogP contribution in [0.4, 0.5) is 5.95 Å². The molecule has 0 spiro atoms. The summed E-state index contributed by atoms with van der Waals surface area (Å²) in [5.41, 5.74) is 10.7. The zero-order valence-electron chi connectivity index (χ0n) is 14.5. The number of anilines is 1. The fourth-order valence-electron chi connectivity index (χ4n) is 2.95. The maximum absolute atomic E-state index is 10.8. The molecule has 27 heavy (non-hydrogen) atoms. The number of nitrogens with one attached hydrogen (secondary N) is 1. The van der Waals surface area contributed by atoms with Crippen LogP contribution in [0.5, 0.6) is 0 Å². The van der Waals surface area contributed by atoms with E-state index in [2.05, 4.69) is 25.0 Å². The number of aromatic nitrogens is 6. The minimum absolute atomic E-state index is 0.189. The number of carboxylic acids is 1. The Balaban J connectivity index is 1.79. The number of carbonyl (C=O) groups is 1. The second-order valence-corrected chi connectivity index (χ2v) is 6.10. The van der Waals surface area contributed by atoms with E-state index in [0.717, 1.165) is 45.5 Å². The van der Waals surface area contributed by atoms with Crippen molar-refractivity contribution in [3.8, 4) is 22.4 Å². The average Bonchev–Trinajstić information content (AvgIpc) is 3.26. The van der Waals surface area contributed by atoms with E-state index in [4.69, 9.17) is 10.8 Å². The van der Waals surface area contributed by atoms with E-state index < -0.39 is 5.97 Å². The van der Waals surface area contributed by atoms with Crippen LogP contribution in [0.2, 0.25) is 0 Å². The van der Waals surface area contributed by atoms with Gasteiger partial charge in [0, 0.05) is 46.4 Å². The van der Waals surface area contributed by atoms with Crippen LogP contribution in [-0.4, -0.2) is 40.8 Å². The molecule has 0 saturated heterocycles. The molecule has 0 unspecified atom stereocenters. The van der Waals surface area contributed by atoms with Crippen LogP contribution in [0, 0.1) is 0 Å². The first-order valence-electron chi connectivity index (χ1n) is 8.39. The lowest BCUT2D eigenvalue weighted by Gasteiger charge is -2.04. The third kappa shape index (κ3) is 3.22. The predicted octanol–water partition coefficient (Wildman–Crippen LogP) is 2.11. The summed E-state index contributed by atoms with van der Waals surface area (Å²) in [6.07, 6.45) is 7.62. The van der Waals surface area contributed by atoms with Crippen molar-refractivity contribution < 1.29 is 9.90 Å². The van der Waals surface area contributed by atoms with Gasteiger partial charge in [-0.3, -0.25) is 9.48 Å². The number of hydrogen-bond acceptors (Lipinski definition) is 6. The number of rotatable bonds is 5. The highest BCUT2D eigenvalue weighted by Gasteiger charge is 2.13. The molecule has 9 heteroatoms. The Morgan fingerprint density at radius 3 is 2.89 bits per heavy atom. The van der Waals surface area contributed by atoms with E-state index in [-0.39, 0.29) is 12.5 Å². The molecule has 0 fully saturated rings. The van der Waals surface area contributed by atoms with Crippen LogP contribution >= 0.6 is 0 Å². The molecular weight excluding hydrogens is 346 g/mol. The molecule has 9 nitrogen and oxygen atoms in total. The van der Waals surface area contributed by atoms with Crippen molar-refractivity contribution in [2.24, 2.45) is 0 Å². The van der Waals surface area contributed by atoms with Crippen LogP contribution in [0.15, 0.2) is 36.9 Å². The van der Waals surface area contributed by atoms with Gasteiger partial charge in [-0.15, -0.1) is 0 Å². The molecule has 4 aromatic heterocycles. The minimum Gasteiger partial charge on any atom is -0.480 e. The maximum Gasteiger partial charge on any atom is 0.325 e. The molecule has 0 aliphatic heterocycles. The molecule has 0 saturated carbocycles. The first-order valence-corrected chi connectivity index (χ1v) is 8.39. The molecule has 4 N–H and O–H groups in total. The van der Waals surface area contributed by atoms with Crippen molar-refractivity contribution in [2.75, 3.05) is 5.73 Å². The molecule has 0 aromatic carbocycles. The molecule has 0 bridgehead atoms. The number of hydrogen-bond donors (Lipinski definition) is 3. The highest BCUT2D eigenvalue weighted by atomic mass is 16.4. The van der Waals surface area contributed by atoms with Crippen LogP contribution in [-0.2, 0) is 17.8 Å². The Bertz CT molecular complexity index is 1150. The number of nitrogen functional groups attached to an aromatic ring is 1. The number of aromatic amines is 1. The molecule has 0 aliphatic rings. The van der Waals surface area contributed by atoms with Crippen LogP contribution in [0.3, 0.4) is 0 Å². The summed E-state index contributed by atoms with van der Waals surface area (Å²) in [5, 5.41) is 13.9. The fourth-order valence-corrected chi connectivity index (χ4v) is 2.95. The molecule has 0 aliphatic carbocycles. The zero-order chi connectivity index (χ0) is 19.0. The van der Waals surface area contributed by atoms with Gasteiger partial charge in [0.15, 0.2) is 0 Å². The quantitative estimate of drug-likeness (QED) is 0.494. The molecule has 4 heterocycles. The first kappa shape index (κ1) is 16.7. The van der Waals surface area contributed by atoms with Gasteiger partial charge in [0.1, 0.15) is 12.2 Å². The largest absolute Gasteiger partial charge is 0.480 e. The monoisotopic (exact) mass is 363 g/mol. The van der Waals surface area contributed by atoms with Gasteiger partial charge >= 0.3 is 5.97 Å². The number of H-pyrrole nitrogens is 1. The van der Waals surface area contributed by atoms with Crippen molar-refractivity contribution in [3.63, 3.8) is 0 Å². The smallest absolute Gasteiger partial charge is 0.325 e. The third-order valence-corrected chi connectivity index (χ3v) is 4.23. The number of aliphatic carboxylic acids is 1. The van der Waals surface area contributed by atoms with Gasteiger partial charge in [0.2, 0.25) is 5.95 Å². The minimum atomic E-state index is -0.945. The van der Waals surface area contributed by atoms with Crippen molar-refractivity contribution in [1.29, 1.82) is 0 Å². The molecule has 0 amide bonds. The Kier molecular flexibility index (Phi) is 4.03. The zero-order valence-corrected chi connectivity index (χ0v) is 14.5. The topological polar surface area (TPSA) is 136 Å². The Morgan fingerprint density at radius 2 is 2.11 bits per heavy atom. The molecular formula is C18H17N7O2. The lowest BCUT2D eigenvalue weighted by atomic mass is 10.1. The number of carboxylic acid groups (broad SMARTS) is 1. The van der Waals surface area contributed by atoms with Crippen molar-refractivity contribution >= 4 is 23.0 Å². The predicted molar refractivity (Wildman–Crippen MR) is 99.8 cm³/mol. The van der Waals surface area contributed by atoms with Gasteiger partial charge in [0.25, 0.3) is 0 Å². The molecule has 4 aromatic rings. The van der Waals surface area contributed by atoms with E-state index >= 15 is 0 Å². The highest BCUT2D eigenvalue weighted by molar-refractivity contribution is 5.95. The number of aryl methyl sites for hydroxylation is 1. The van der Waals surface area contributed by atoms with E-state index in [0.29, 0.717) is 0 Å². The van der Waals surface area contributed by atoms with Crippen molar-refractivity contribution in [2.45, 2.75) is 19.9 Å². The number of fused-ring (bicyclic) bond motifs is 1. The van der Waals surface area contributed by atoms with Crippen molar-refractivity contribution in [3.05, 3.63) is 42.6 Å². The van der Waals surface area contributed by atoms with E-state index in [1.54, 1.807) is 18.6 Å². The van der Waals surface area contributed by atoms with Crippen LogP contribution < -0.4 is 5.73 Å². The summed E-state index contributed by atoms with van der Waals surface area (Å²) in [4.78, 5) is 27.0. The van der Waals surface area contributed by atoms with Gasteiger partial charge < -0.3 is 15.8 Å². The maximum atomic E-state index is 10.8. The third-order valence-electron chi connectivity index (χ3n) is 4.23. The lowest BCUT2D eigenvalue weighted by molar-refractivity contribution is -0.137. The molecule has 4 rings (SSSR count). The average molecular weight is 363 g/mol. The summed E-state index contributed by atoms with van der Waals surface area (Å²) in [6, 6.07) is 3.89. The summed E-state index contributed by atoms with van der Waals surface area (Å²) in [5.74, 6) is -0.711. The normalized spacial score (nSPS) is 11.1. The van der Waals surface area contributed by atoms with Crippen molar-refractivity contribution in [1.82, 2.24) is 29.7 Å². The summed E-state index contributed by atoms with van der Waals surface area (Å²) in [7, 11) is 0. The Labute approximate surface area is 153 Å². The summed E-state index contributed by atoms with van der Waals surface area (Å²) in [6.45, 7) is 1.82. The fraction of sp³-hybridized carbons (Fsp3) is 0.167. The van der Waals surface area contributed by atoms with Gasteiger partial charge in [0.05, 0.1) is 11.9 Å². The molecule has 136 valence electrons. The summed E-state index contributed by atoms with van der Waals surface area (Å²) < 4.78 is 1.37. The van der Waals surface area contributed by atoms with E-state index in [1.807, 2.05) is 25.3 Å². The Hall–Kier alpha value is -3.75. The second kappa shape index (κ2) is 6.52. The standard InChI is InChI=1S/C18H17N7O2/c1-2-12-4-15(24-18(19)23-12)14-7-21-17-13(14)3-10(5-20-17)11-6-22-25(8-11)9-16(26)27/h3-8H,2,9H2,1H3,(H,20,21)(H,26,27)(H2,19,23,24). The number of pyridine rings is 1. The second-order valence-electron chi connectivity index (χ2n) is 6.10. The summed E-state index contributed by atoms with van der Waals surface area (Å²) >= 11 is 0. The molecule has 0 atom stereocenters.